The monoisotopic (exact) mass is 324 g/mol. The number of carbonyl (C=O) groups is 1. The molecular weight excluding hydrogens is 303 g/mol. The SMILES string of the molecule is O=C(Nc1ccc(-c2ccc(F)cc2)cc1)C1CN2CCC1CC2. The minimum absolute atomic E-state index is 0.115. The van der Waals surface area contributed by atoms with Crippen LogP contribution in [0.2, 0.25) is 0 Å². The Morgan fingerprint density at radius 3 is 2.08 bits per heavy atom. The second kappa shape index (κ2) is 6.36. The predicted octanol–water partition coefficient (Wildman–Crippen LogP) is 3.77. The molecule has 4 heteroatoms. The number of hydrogen-bond acceptors (Lipinski definition) is 2. The van der Waals surface area contributed by atoms with Gasteiger partial charge in [0.25, 0.3) is 0 Å². The van der Waals surface area contributed by atoms with Gasteiger partial charge in [0.15, 0.2) is 0 Å². The second-order valence-electron chi connectivity index (χ2n) is 6.82. The van der Waals surface area contributed by atoms with Crippen LogP contribution in [0.1, 0.15) is 12.8 Å². The normalized spacial score (nSPS) is 25.5. The van der Waals surface area contributed by atoms with Crippen LogP contribution in [0.15, 0.2) is 48.5 Å². The number of benzene rings is 2. The van der Waals surface area contributed by atoms with Crippen LogP contribution in [0.25, 0.3) is 11.1 Å². The molecule has 3 heterocycles. The summed E-state index contributed by atoms with van der Waals surface area (Å²) in [7, 11) is 0. The molecule has 3 aliphatic rings. The molecule has 3 saturated heterocycles. The third-order valence-corrected chi connectivity index (χ3v) is 5.32. The van der Waals surface area contributed by atoms with Crippen molar-refractivity contribution in [1.82, 2.24) is 4.90 Å². The lowest BCUT2D eigenvalue weighted by Crippen LogP contribution is -2.51. The number of fused-ring (bicyclic) bond motifs is 3. The summed E-state index contributed by atoms with van der Waals surface area (Å²) >= 11 is 0. The molecule has 1 unspecified atom stereocenters. The van der Waals surface area contributed by atoms with E-state index in [2.05, 4.69) is 10.2 Å². The standard InChI is InChI=1S/C20H21FN2O/c21-17-5-1-14(2-6-17)15-3-7-18(8-4-15)22-20(24)19-13-23-11-9-16(19)10-12-23/h1-8,16,19H,9-13H2,(H,22,24). The van der Waals surface area contributed by atoms with E-state index in [1.165, 1.54) is 12.1 Å². The van der Waals surface area contributed by atoms with Gasteiger partial charge in [-0.05, 0) is 67.2 Å². The smallest absolute Gasteiger partial charge is 0.229 e. The molecule has 1 N–H and O–H groups in total. The maximum atomic E-state index is 13.0. The van der Waals surface area contributed by atoms with Gasteiger partial charge < -0.3 is 10.2 Å². The van der Waals surface area contributed by atoms with Gasteiger partial charge in [0.2, 0.25) is 5.91 Å². The lowest BCUT2D eigenvalue weighted by molar-refractivity contribution is -0.125. The van der Waals surface area contributed by atoms with Crippen LogP contribution in [-0.2, 0) is 4.79 Å². The molecule has 0 radical (unpaired) electrons. The Kier molecular flexibility index (Phi) is 4.07. The molecular formula is C20H21FN2O. The molecule has 3 fully saturated rings. The highest BCUT2D eigenvalue weighted by Gasteiger charge is 2.38. The maximum absolute atomic E-state index is 13.0. The molecule has 3 aliphatic heterocycles. The number of piperidine rings is 3. The van der Waals surface area contributed by atoms with Gasteiger partial charge in [0.1, 0.15) is 5.82 Å². The summed E-state index contributed by atoms with van der Waals surface area (Å²) in [5.74, 6) is 0.553. The largest absolute Gasteiger partial charge is 0.326 e. The lowest BCUT2D eigenvalue weighted by atomic mass is 9.78. The van der Waals surface area contributed by atoms with Gasteiger partial charge in [-0.2, -0.15) is 0 Å². The average molecular weight is 324 g/mol. The van der Waals surface area contributed by atoms with Gasteiger partial charge in [-0.15, -0.1) is 0 Å². The predicted molar refractivity (Wildman–Crippen MR) is 93.1 cm³/mol. The van der Waals surface area contributed by atoms with Crippen LogP contribution in [0, 0.1) is 17.7 Å². The summed E-state index contributed by atoms with van der Waals surface area (Å²) in [6, 6.07) is 14.2. The molecule has 3 nitrogen and oxygen atoms in total. The number of hydrogen-bond donors (Lipinski definition) is 1. The van der Waals surface area contributed by atoms with E-state index in [9.17, 15) is 9.18 Å². The zero-order valence-electron chi connectivity index (χ0n) is 13.5. The lowest BCUT2D eigenvalue weighted by Gasteiger charge is -2.43. The highest BCUT2D eigenvalue weighted by molar-refractivity contribution is 5.93. The Morgan fingerprint density at radius 2 is 1.54 bits per heavy atom. The average Bonchev–Trinajstić information content (AvgIpc) is 2.64. The number of carbonyl (C=O) groups excluding carboxylic acids is 1. The molecule has 0 aliphatic carbocycles. The number of rotatable bonds is 3. The molecule has 0 aromatic heterocycles. The van der Waals surface area contributed by atoms with Crippen LogP contribution >= 0.6 is 0 Å². The summed E-state index contributed by atoms with van der Waals surface area (Å²) in [6.07, 6.45) is 2.28. The molecule has 1 amide bonds. The van der Waals surface area contributed by atoms with Crippen LogP contribution in [0.3, 0.4) is 0 Å². The number of anilines is 1. The summed E-state index contributed by atoms with van der Waals surface area (Å²) < 4.78 is 13.0. The molecule has 5 rings (SSSR count). The summed E-state index contributed by atoms with van der Waals surface area (Å²) in [5.41, 5.74) is 2.80. The fraction of sp³-hybridized carbons (Fsp3) is 0.350. The molecule has 0 spiro atoms. The second-order valence-corrected chi connectivity index (χ2v) is 6.82. The van der Waals surface area contributed by atoms with Crippen LogP contribution in [0.5, 0.6) is 0 Å². The number of halogens is 1. The van der Waals surface area contributed by atoms with Gasteiger partial charge in [0.05, 0.1) is 5.92 Å². The first-order valence-electron chi connectivity index (χ1n) is 8.58. The fourth-order valence-electron chi connectivity index (χ4n) is 3.89. The summed E-state index contributed by atoms with van der Waals surface area (Å²) in [5, 5.41) is 3.06. The van der Waals surface area contributed by atoms with Gasteiger partial charge in [-0.25, -0.2) is 4.39 Å². The van der Waals surface area contributed by atoms with E-state index < -0.39 is 0 Å². The Labute approximate surface area is 141 Å². The molecule has 2 aromatic carbocycles. The van der Waals surface area contributed by atoms with E-state index in [0.717, 1.165) is 49.3 Å². The van der Waals surface area contributed by atoms with Gasteiger partial charge in [0, 0.05) is 12.2 Å². The highest BCUT2D eigenvalue weighted by atomic mass is 19.1. The van der Waals surface area contributed by atoms with Crippen molar-refractivity contribution in [3.63, 3.8) is 0 Å². The highest BCUT2D eigenvalue weighted by Crippen LogP contribution is 2.33. The van der Waals surface area contributed by atoms with E-state index in [1.807, 2.05) is 24.3 Å². The third-order valence-electron chi connectivity index (χ3n) is 5.32. The topological polar surface area (TPSA) is 32.3 Å². The van der Waals surface area contributed by atoms with Crippen molar-refractivity contribution < 1.29 is 9.18 Å². The minimum Gasteiger partial charge on any atom is -0.326 e. The fourth-order valence-corrected chi connectivity index (χ4v) is 3.89. The number of nitrogens with one attached hydrogen (secondary N) is 1. The third kappa shape index (κ3) is 3.06. The van der Waals surface area contributed by atoms with E-state index in [0.29, 0.717) is 5.92 Å². The molecule has 24 heavy (non-hydrogen) atoms. The summed E-state index contributed by atoms with van der Waals surface area (Å²) in [6.45, 7) is 3.17. The van der Waals surface area contributed by atoms with Crippen molar-refractivity contribution in [2.24, 2.45) is 11.8 Å². The van der Waals surface area contributed by atoms with Crippen molar-refractivity contribution in [3.8, 4) is 11.1 Å². The number of nitrogens with zero attached hydrogens (tertiary/aromatic N) is 1. The van der Waals surface area contributed by atoms with Crippen molar-refractivity contribution >= 4 is 11.6 Å². The van der Waals surface area contributed by atoms with Crippen LogP contribution < -0.4 is 5.32 Å². The molecule has 2 aromatic rings. The van der Waals surface area contributed by atoms with Crippen molar-refractivity contribution in [2.45, 2.75) is 12.8 Å². The molecule has 2 bridgehead atoms. The first-order valence-corrected chi connectivity index (χ1v) is 8.58. The Bertz CT molecular complexity index is 718. The van der Waals surface area contributed by atoms with E-state index in [1.54, 1.807) is 12.1 Å². The first kappa shape index (κ1) is 15.3. The molecule has 124 valence electrons. The molecule has 1 atom stereocenters. The molecule has 0 saturated carbocycles. The first-order chi connectivity index (χ1) is 11.7. The van der Waals surface area contributed by atoms with Crippen molar-refractivity contribution in [2.75, 3.05) is 25.0 Å². The Hall–Kier alpha value is -2.20. The minimum atomic E-state index is -0.236. The van der Waals surface area contributed by atoms with Gasteiger partial charge in [-0.3, -0.25) is 4.79 Å². The zero-order chi connectivity index (χ0) is 16.5. The zero-order valence-corrected chi connectivity index (χ0v) is 13.5. The van der Waals surface area contributed by atoms with Gasteiger partial charge in [-0.1, -0.05) is 24.3 Å². The van der Waals surface area contributed by atoms with Gasteiger partial charge >= 0.3 is 0 Å². The maximum Gasteiger partial charge on any atom is 0.229 e. The quantitative estimate of drug-likeness (QED) is 0.932. The van der Waals surface area contributed by atoms with Crippen molar-refractivity contribution in [3.05, 3.63) is 54.3 Å². The Balaban J connectivity index is 1.43. The summed E-state index contributed by atoms with van der Waals surface area (Å²) in [4.78, 5) is 15.0. The van der Waals surface area contributed by atoms with Crippen LogP contribution in [0.4, 0.5) is 10.1 Å². The Morgan fingerprint density at radius 1 is 0.958 bits per heavy atom. The van der Waals surface area contributed by atoms with E-state index >= 15 is 0 Å². The van der Waals surface area contributed by atoms with Crippen molar-refractivity contribution in [1.29, 1.82) is 0 Å². The van der Waals surface area contributed by atoms with Crippen LogP contribution in [-0.4, -0.2) is 30.4 Å². The van der Waals surface area contributed by atoms with E-state index in [-0.39, 0.29) is 17.6 Å². The number of amides is 1. The van der Waals surface area contributed by atoms with E-state index in [4.69, 9.17) is 0 Å².